The van der Waals surface area contributed by atoms with E-state index in [0.29, 0.717) is 18.8 Å². The van der Waals surface area contributed by atoms with Crippen LogP contribution in [0.15, 0.2) is 0 Å². The van der Waals surface area contributed by atoms with E-state index in [4.69, 9.17) is 14.2 Å². The predicted molar refractivity (Wildman–Crippen MR) is 80.2 cm³/mol. The van der Waals surface area contributed by atoms with Crippen LogP contribution in [0.25, 0.3) is 0 Å². The number of hydrogen-bond acceptors (Lipinski definition) is 5. The van der Waals surface area contributed by atoms with Crippen molar-refractivity contribution in [2.24, 2.45) is 0 Å². The lowest BCUT2D eigenvalue weighted by atomic mass is 9.94. The highest BCUT2D eigenvalue weighted by Crippen LogP contribution is 2.26. The molecular formula is C16H29NO4. The highest BCUT2D eigenvalue weighted by molar-refractivity contribution is 5.80. The monoisotopic (exact) mass is 299 g/mol. The van der Waals surface area contributed by atoms with Gasteiger partial charge >= 0.3 is 5.97 Å². The minimum absolute atomic E-state index is 0.158. The van der Waals surface area contributed by atoms with Gasteiger partial charge in [-0.2, -0.15) is 0 Å². The maximum absolute atomic E-state index is 12.0. The van der Waals surface area contributed by atoms with Crippen molar-refractivity contribution in [1.82, 2.24) is 5.32 Å². The summed E-state index contributed by atoms with van der Waals surface area (Å²) in [7, 11) is 1.46. The lowest BCUT2D eigenvalue weighted by Crippen LogP contribution is -2.51. The summed E-state index contributed by atoms with van der Waals surface area (Å²) in [4.78, 5) is 12.0. The van der Waals surface area contributed by atoms with Crippen LogP contribution in [-0.2, 0) is 19.0 Å². The Bertz CT molecular complexity index is 326. The van der Waals surface area contributed by atoms with Crippen LogP contribution in [0.3, 0.4) is 0 Å². The number of hydrogen-bond donors (Lipinski definition) is 1. The second-order valence-corrected chi connectivity index (χ2v) is 6.41. The summed E-state index contributed by atoms with van der Waals surface area (Å²) >= 11 is 0. The molecule has 0 spiro atoms. The van der Waals surface area contributed by atoms with E-state index in [2.05, 4.69) is 5.32 Å². The van der Waals surface area contributed by atoms with Gasteiger partial charge in [0, 0.05) is 19.3 Å². The molecule has 1 saturated carbocycles. The van der Waals surface area contributed by atoms with Gasteiger partial charge in [0.15, 0.2) is 0 Å². The summed E-state index contributed by atoms with van der Waals surface area (Å²) in [5.74, 6) is -0.158. The van der Waals surface area contributed by atoms with Gasteiger partial charge in [0.05, 0.1) is 19.8 Å². The minimum atomic E-state index is -0.551. The standard InChI is InChI=1S/C16H29NO4/c1-16(15(18)19-2,17-13-7-8-13)9-3-4-10-20-12-14-6-5-11-21-14/h13-14,17H,3-12H2,1-2H3. The zero-order chi connectivity index (χ0) is 15.1. The second-order valence-electron chi connectivity index (χ2n) is 6.41. The van der Waals surface area contributed by atoms with Crippen LogP contribution in [0.2, 0.25) is 0 Å². The fourth-order valence-electron chi connectivity index (χ4n) is 2.81. The third-order valence-corrected chi connectivity index (χ3v) is 4.28. The highest BCUT2D eigenvalue weighted by Gasteiger charge is 2.38. The van der Waals surface area contributed by atoms with Crippen molar-refractivity contribution in [3.63, 3.8) is 0 Å². The summed E-state index contributed by atoms with van der Waals surface area (Å²) in [6, 6.07) is 0.491. The van der Waals surface area contributed by atoms with Gasteiger partial charge < -0.3 is 14.2 Å². The molecule has 5 nitrogen and oxygen atoms in total. The largest absolute Gasteiger partial charge is 0.468 e. The molecule has 0 aromatic rings. The van der Waals surface area contributed by atoms with Gasteiger partial charge in [0.1, 0.15) is 5.54 Å². The molecule has 0 aromatic carbocycles. The molecule has 1 heterocycles. The third-order valence-electron chi connectivity index (χ3n) is 4.28. The number of esters is 1. The quantitative estimate of drug-likeness (QED) is 0.494. The predicted octanol–water partition coefficient (Wildman–Crippen LogP) is 2.04. The molecule has 2 rings (SSSR count). The average Bonchev–Trinajstić information content (AvgIpc) is 3.13. The summed E-state index contributed by atoms with van der Waals surface area (Å²) in [5.41, 5.74) is -0.551. The van der Waals surface area contributed by atoms with Gasteiger partial charge in [-0.15, -0.1) is 0 Å². The van der Waals surface area contributed by atoms with Crippen LogP contribution in [0.4, 0.5) is 0 Å². The summed E-state index contributed by atoms with van der Waals surface area (Å²) < 4.78 is 16.1. The first-order valence-electron chi connectivity index (χ1n) is 8.19. The third kappa shape index (κ3) is 5.57. The first kappa shape index (κ1) is 16.7. The Labute approximate surface area is 127 Å². The Morgan fingerprint density at radius 3 is 2.76 bits per heavy atom. The van der Waals surface area contributed by atoms with Gasteiger partial charge in [0.2, 0.25) is 0 Å². The molecular weight excluding hydrogens is 270 g/mol. The van der Waals surface area contributed by atoms with E-state index in [-0.39, 0.29) is 5.97 Å². The lowest BCUT2D eigenvalue weighted by molar-refractivity contribution is -0.148. The SMILES string of the molecule is COC(=O)C(C)(CCCCOCC1CCCO1)NC1CC1. The molecule has 2 fully saturated rings. The van der Waals surface area contributed by atoms with E-state index in [9.17, 15) is 4.79 Å². The van der Waals surface area contributed by atoms with Crippen molar-refractivity contribution >= 4 is 5.97 Å². The van der Waals surface area contributed by atoms with Crippen LogP contribution in [0, 0.1) is 0 Å². The second kappa shape index (κ2) is 8.11. The molecule has 1 N–H and O–H groups in total. The Hall–Kier alpha value is -0.650. The molecule has 0 amide bonds. The molecule has 1 saturated heterocycles. The minimum Gasteiger partial charge on any atom is -0.468 e. The molecule has 5 heteroatoms. The molecule has 122 valence electrons. The van der Waals surface area contributed by atoms with E-state index < -0.39 is 5.54 Å². The van der Waals surface area contributed by atoms with Crippen molar-refractivity contribution in [2.45, 2.75) is 69.6 Å². The molecule has 2 aliphatic rings. The number of unbranched alkanes of at least 4 members (excludes halogenated alkanes) is 1. The van der Waals surface area contributed by atoms with E-state index in [1.54, 1.807) is 0 Å². The van der Waals surface area contributed by atoms with Crippen LogP contribution >= 0.6 is 0 Å². The van der Waals surface area contributed by atoms with Gasteiger partial charge in [-0.25, -0.2) is 0 Å². The maximum atomic E-state index is 12.0. The summed E-state index contributed by atoms with van der Waals surface area (Å²) in [6.07, 6.45) is 7.60. The van der Waals surface area contributed by atoms with Crippen molar-refractivity contribution in [1.29, 1.82) is 0 Å². The fourth-order valence-corrected chi connectivity index (χ4v) is 2.81. The Balaban J connectivity index is 1.58. The molecule has 2 atom stereocenters. The molecule has 0 bridgehead atoms. The number of methoxy groups -OCH3 is 1. The van der Waals surface area contributed by atoms with Gasteiger partial charge in [-0.1, -0.05) is 0 Å². The van der Waals surface area contributed by atoms with Gasteiger partial charge in [-0.3, -0.25) is 10.1 Å². The number of carbonyl (C=O) groups excluding carboxylic acids is 1. The lowest BCUT2D eigenvalue weighted by Gasteiger charge is -2.28. The normalized spacial score (nSPS) is 24.8. The highest BCUT2D eigenvalue weighted by atomic mass is 16.5. The number of rotatable bonds is 10. The number of ether oxygens (including phenoxy) is 3. The molecule has 21 heavy (non-hydrogen) atoms. The zero-order valence-corrected chi connectivity index (χ0v) is 13.4. The van der Waals surface area contributed by atoms with Gasteiger partial charge in [-0.05, 0) is 51.9 Å². The van der Waals surface area contributed by atoms with Crippen LogP contribution in [0.1, 0.15) is 51.9 Å². The zero-order valence-electron chi connectivity index (χ0n) is 13.4. The first-order chi connectivity index (χ1) is 10.1. The topological polar surface area (TPSA) is 56.8 Å². The number of carbonyl (C=O) groups is 1. The van der Waals surface area contributed by atoms with E-state index in [1.165, 1.54) is 7.11 Å². The average molecular weight is 299 g/mol. The van der Waals surface area contributed by atoms with Crippen LogP contribution < -0.4 is 5.32 Å². The Morgan fingerprint density at radius 2 is 2.14 bits per heavy atom. The van der Waals surface area contributed by atoms with E-state index >= 15 is 0 Å². The molecule has 0 radical (unpaired) electrons. The van der Waals surface area contributed by atoms with Crippen molar-refractivity contribution in [3.8, 4) is 0 Å². The fraction of sp³-hybridized carbons (Fsp3) is 0.938. The Kier molecular flexibility index (Phi) is 6.45. The molecule has 1 aliphatic carbocycles. The maximum Gasteiger partial charge on any atom is 0.325 e. The Morgan fingerprint density at radius 1 is 1.33 bits per heavy atom. The van der Waals surface area contributed by atoms with Crippen molar-refractivity contribution < 1.29 is 19.0 Å². The van der Waals surface area contributed by atoms with Crippen molar-refractivity contribution in [3.05, 3.63) is 0 Å². The van der Waals surface area contributed by atoms with Crippen molar-refractivity contribution in [2.75, 3.05) is 26.9 Å². The van der Waals surface area contributed by atoms with Gasteiger partial charge in [0.25, 0.3) is 0 Å². The molecule has 1 aliphatic heterocycles. The molecule has 2 unspecified atom stereocenters. The number of nitrogens with one attached hydrogen (secondary N) is 1. The van der Waals surface area contributed by atoms with E-state index in [1.807, 2.05) is 6.92 Å². The van der Waals surface area contributed by atoms with E-state index in [0.717, 1.165) is 58.2 Å². The first-order valence-corrected chi connectivity index (χ1v) is 8.19. The molecule has 0 aromatic heterocycles. The van der Waals surface area contributed by atoms with Crippen LogP contribution in [0.5, 0.6) is 0 Å². The summed E-state index contributed by atoms with van der Waals surface area (Å²) in [5, 5.41) is 3.42. The summed E-state index contributed by atoms with van der Waals surface area (Å²) in [6.45, 7) is 4.26. The smallest absolute Gasteiger partial charge is 0.325 e. The van der Waals surface area contributed by atoms with Crippen LogP contribution in [-0.4, -0.2) is 50.6 Å².